The highest BCUT2D eigenvalue weighted by molar-refractivity contribution is 6.32. The first-order chi connectivity index (χ1) is 12.9. The summed E-state index contributed by atoms with van der Waals surface area (Å²) in [6.07, 6.45) is 1.85. The lowest BCUT2D eigenvalue weighted by atomic mass is 10.1. The Morgan fingerprint density at radius 1 is 1.30 bits per heavy atom. The third-order valence-corrected chi connectivity index (χ3v) is 4.72. The van der Waals surface area contributed by atoms with Gasteiger partial charge in [-0.2, -0.15) is 9.97 Å². The van der Waals surface area contributed by atoms with Gasteiger partial charge in [-0.3, -0.25) is 0 Å². The largest absolute Gasteiger partial charge is 0.506 e. The van der Waals surface area contributed by atoms with Crippen LogP contribution >= 0.6 is 11.6 Å². The lowest BCUT2D eigenvalue weighted by Crippen LogP contribution is -2.31. The average molecular weight is 391 g/mol. The summed E-state index contributed by atoms with van der Waals surface area (Å²) in [5, 5.41) is 26.6. The number of para-hydroxylation sites is 1. The first-order valence-electron chi connectivity index (χ1n) is 8.74. The minimum Gasteiger partial charge on any atom is -0.506 e. The van der Waals surface area contributed by atoms with Gasteiger partial charge in [0.05, 0.1) is 23.5 Å². The molecule has 0 spiro atoms. The second kappa shape index (κ2) is 7.98. The van der Waals surface area contributed by atoms with Crippen molar-refractivity contribution in [3.05, 3.63) is 35.1 Å². The van der Waals surface area contributed by atoms with Crippen molar-refractivity contribution in [2.75, 3.05) is 10.6 Å². The minimum absolute atomic E-state index is 0.0384. The molecular weight excluding hydrogens is 368 g/mol. The molecule has 0 saturated carbocycles. The Morgan fingerprint density at radius 2 is 2.07 bits per heavy atom. The molecule has 0 fully saturated rings. The van der Waals surface area contributed by atoms with Gasteiger partial charge >= 0.3 is 0 Å². The van der Waals surface area contributed by atoms with Crippen LogP contribution in [-0.4, -0.2) is 41.9 Å². The molecule has 2 aromatic heterocycles. The summed E-state index contributed by atoms with van der Waals surface area (Å²) in [5.41, 5.74) is 1.93. The molecule has 8 nitrogen and oxygen atoms in total. The van der Waals surface area contributed by atoms with Crippen molar-refractivity contribution >= 4 is 34.5 Å². The number of hydrogen-bond acceptors (Lipinski definition) is 7. The predicted molar refractivity (Wildman–Crippen MR) is 106 cm³/mol. The van der Waals surface area contributed by atoms with Crippen LogP contribution in [0.25, 0.3) is 11.2 Å². The number of phenols is 1. The van der Waals surface area contributed by atoms with E-state index in [1.54, 1.807) is 36.0 Å². The van der Waals surface area contributed by atoms with Crippen molar-refractivity contribution in [2.24, 2.45) is 7.05 Å². The molecule has 144 valence electrons. The number of aryl methyl sites for hydroxylation is 1. The lowest BCUT2D eigenvalue weighted by Gasteiger charge is -2.20. The Hall–Kier alpha value is -2.58. The van der Waals surface area contributed by atoms with Gasteiger partial charge in [-0.1, -0.05) is 30.7 Å². The van der Waals surface area contributed by atoms with E-state index < -0.39 is 6.10 Å². The molecule has 2 heterocycles. The van der Waals surface area contributed by atoms with Crippen molar-refractivity contribution in [1.29, 1.82) is 0 Å². The molecule has 0 amide bonds. The van der Waals surface area contributed by atoms with Crippen molar-refractivity contribution < 1.29 is 10.2 Å². The van der Waals surface area contributed by atoms with Gasteiger partial charge in [-0.05, 0) is 19.4 Å². The highest BCUT2D eigenvalue weighted by atomic mass is 35.5. The monoisotopic (exact) mass is 390 g/mol. The Kier molecular flexibility index (Phi) is 5.67. The summed E-state index contributed by atoms with van der Waals surface area (Å²) >= 11 is 5.97. The van der Waals surface area contributed by atoms with Crippen LogP contribution in [0.5, 0.6) is 5.75 Å². The Balaban J connectivity index is 1.92. The Morgan fingerprint density at radius 3 is 2.78 bits per heavy atom. The van der Waals surface area contributed by atoms with Crippen LogP contribution in [-0.2, 0) is 13.6 Å². The maximum absolute atomic E-state index is 10.1. The normalized spacial score (nSPS) is 13.5. The fourth-order valence-electron chi connectivity index (χ4n) is 2.81. The fourth-order valence-corrected chi connectivity index (χ4v) is 3.00. The van der Waals surface area contributed by atoms with Crippen molar-refractivity contribution in [3.63, 3.8) is 0 Å². The topological polar surface area (TPSA) is 108 Å². The first kappa shape index (κ1) is 19.2. The van der Waals surface area contributed by atoms with E-state index in [2.05, 4.69) is 25.6 Å². The quantitative estimate of drug-likeness (QED) is 0.491. The van der Waals surface area contributed by atoms with E-state index in [4.69, 9.17) is 11.6 Å². The zero-order valence-corrected chi connectivity index (χ0v) is 16.2. The van der Waals surface area contributed by atoms with Gasteiger partial charge in [-0.25, -0.2) is 4.98 Å². The average Bonchev–Trinajstić information content (AvgIpc) is 3.01. The number of fused-ring (bicyclic) bond motifs is 1. The first-order valence-corrected chi connectivity index (χ1v) is 9.12. The number of aromatic nitrogens is 4. The number of aliphatic hydroxyl groups excluding tert-OH is 1. The van der Waals surface area contributed by atoms with E-state index in [9.17, 15) is 10.2 Å². The van der Waals surface area contributed by atoms with Crippen LogP contribution in [0, 0.1) is 0 Å². The molecule has 0 radical (unpaired) electrons. The molecule has 9 heteroatoms. The number of nitrogens with zero attached hydrogens (tertiary/aromatic N) is 4. The van der Waals surface area contributed by atoms with Gasteiger partial charge in [0.1, 0.15) is 5.75 Å². The van der Waals surface area contributed by atoms with E-state index in [0.717, 1.165) is 6.42 Å². The van der Waals surface area contributed by atoms with Crippen LogP contribution < -0.4 is 10.6 Å². The summed E-state index contributed by atoms with van der Waals surface area (Å²) in [6, 6.07) is 5.02. The summed E-state index contributed by atoms with van der Waals surface area (Å²) in [6.45, 7) is 4.03. The fraction of sp³-hybridized carbons (Fsp3) is 0.389. The summed E-state index contributed by atoms with van der Waals surface area (Å²) in [4.78, 5) is 13.4. The summed E-state index contributed by atoms with van der Waals surface area (Å²) in [5.74, 6) is 0.969. The number of benzene rings is 1. The molecule has 3 rings (SSSR count). The van der Waals surface area contributed by atoms with Gasteiger partial charge in [0, 0.05) is 19.2 Å². The number of hydrogen-bond donors (Lipinski definition) is 4. The minimum atomic E-state index is -0.541. The molecule has 0 bridgehead atoms. The highest BCUT2D eigenvalue weighted by Gasteiger charge is 2.17. The number of aliphatic hydroxyl groups is 1. The van der Waals surface area contributed by atoms with Gasteiger partial charge in [0.15, 0.2) is 17.0 Å². The molecule has 0 aliphatic rings. The molecule has 3 aromatic rings. The van der Waals surface area contributed by atoms with E-state index in [0.29, 0.717) is 40.1 Å². The second-order valence-electron chi connectivity index (χ2n) is 6.42. The number of nitrogens with one attached hydrogen (secondary N) is 2. The van der Waals surface area contributed by atoms with Crippen molar-refractivity contribution in [3.8, 4) is 5.75 Å². The van der Waals surface area contributed by atoms with Crippen LogP contribution in [0.1, 0.15) is 25.8 Å². The molecule has 0 aliphatic heterocycles. The van der Waals surface area contributed by atoms with E-state index in [1.807, 2.05) is 14.0 Å². The molecule has 0 saturated heterocycles. The zero-order valence-electron chi connectivity index (χ0n) is 15.4. The van der Waals surface area contributed by atoms with Crippen molar-refractivity contribution in [2.45, 2.75) is 39.0 Å². The number of imidazole rings is 1. The van der Waals surface area contributed by atoms with Gasteiger partial charge < -0.3 is 25.4 Å². The Labute approximate surface area is 162 Å². The summed E-state index contributed by atoms with van der Waals surface area (Å²) < 4.78 is 1.80. The number of aromatic hydroxyl groups is 1. The molecule has 2 atom stereocenters. The number of halogens is 1. The van der Waals surface area contributed by atoms with E-state index in [-0.39, 0.29) is 11.8 Å². The molecule has 1 aromatic carbocycles. The van der Waals surface area contributed by atoms with Gasteiger partial charge in [0.2, 0.25) is 5.95 Å². The zero-order chi connectivity index (χ0) is 19.6. The standard InChI is InChI=1S/C18H23ClN6O2/c1-4-13(10(2)26)22-18-23-16(14-17(24-18)25(3)9-21-14)20-8-11-6-5-7-12(19)15(11)27/h5-7,9-10,13,26-27H,4,8H2,1-3H3,(H2,20,22,23,24). The van der Waals surface area contributed by atoms with Crippen LogP contribution in [0.2, 0.25) is 5.02 Å². The van der Waals surface area contributed by atoms with E-state index in [1.165, 1.54) is 0 Å². The number of anilines is 2. The molecular formula is C18H23ClN6O2. The molecule has 2 unspecified atom stereocenters. The van der Waals surface area contributed by atoms with E-state index >= 15 is 0 Å². The SMILES string of the molecule is CCC(Nc1nc(NCc2cccc(Cl)c2O)c2ncn(C)c2n1)C(C)O. The molecule has 0 aliphatic carbocycles. The maximum Gasteiger partial charge on any atom is 0.227 e. The highest BCUT2D eigenvalue weighted by Crippen LogP contribution is 2.28. The van der Waals surface area contributed by atoms with Crippen LogP contribution in [0.15, 0.2) is 24.5 Å². The third kappa shape index (κ3) is 4.06. The second-order valence-corrected chi connectivity index (χ2v) is 6.83. The maximum atomic E-state index is 10.1. The van der Waals surface area contributed by atoms with Gasteiger partial charge in [-0.15, -0.1) is 0 Å². The van der Waals surface area contributed by atoms with Crippen molar-refractivity contribution in [1.82, 2.24) is 19.5 Å². The smallest absolute Gasteiger partial charge is 0.227 e. The lowest BCUT2D eigenvalue weighted by molar-refractivity contribution is 0.169. The summed E-state index contributed by atoms with van der Waals surface area (Å²) in [7, 11) is 1.85. The number of phenolic OH excluding ortho intramolecular Hbond substituents is 1. The number of rotatable bonds is 7. The van der Waals surface area contributed by atoms with Crippen LogP contribution in [0.4, 0.5) is 11.8 Å². The van der Waals surface area contributed by atoms with Crippen LogP contribution in [0.3, 0.4) is 0 Å². The molecule has 4 N–H and O–H groups in total. The molecule has 27 heavy (non-hydrogen) atoms. The Bertz CT molecular complexity index is 943. The third-order valence-electron chi connectivity index (χ3n) is 4.41. The van der Waals surface area contributed by atoms with Gasteiger partial charge in [0.25, 0.3) is 0 Å². The predicted octanol–water partition coefficient (Wildman–Crippen LogP) is 2.91.